The minimum atomic E-state index is -3.73. The van der Waals surface area contributed by atoms with E-state index in [9.17, 15) is 13.2 Å². The number of nitrogens with zero attached hydrogens (tertiary/aromatic N) is 2. The van der Waals surface area contributed by atoms with Crippen molar-refractivity contribution in [3.05, 3.63) is 54.1 Å². The van der Waals surface area contributed by atoms with Gasteiger partial charge in [-0.05, 0) is 44.2 Å². The van der Waals surface area contributed by atoms with Crippen LogP contribution < -0.4 is 10.2 Å². The van der Waals surface area contributed by atoms with Crippen LogP contribution in [0.4, 0.5) is 11.4 Å². The molecule has 4 rings (SSSR count). The summed E-state index contributed by atoms with van der Waals surface area (Å²) in [5.74, 6) is -0.355. The van der Waals surface area contributed by atoms with E-state index < -0.39 is 10.0 Å². The zero-order valence-electron chi connectivity index (χ0n) is 18.4. The molecule has 1 N–H and O–H groups in total. The number of morpholine rings is 2. The summed E-state index contributed by atoms with van der Waals surface area (Å²) in [6.07, 6.45) is -0.367. The highest BCUT2D eigenvalue weighted by Gasteiger charge is 2.32. The summed E-state index contributed by atoms with van der Waals surface area (Å²) in [6.45, 7) is 7.06. The van der Waals surface area contributed by atoms with E-state index in [1.807, 2.05) is 38.1 Å². The quantitative estimate of drug-likeness (QED) is 0.740. The highest BCUT2D eigenvalue weighted by molar-refractivity contribution is 7.89. The smallest absolute Gasteiger partial charge is 0.255 e. The Hall–Kier alpha value is -2.46. The molecular formula is C23H29N3O5S. The third kappa shape index (κ3) is 4.96. The molecule has 0 saturated carbocycles. The van der Waals surface area contributed by atoms with E-state index in [-0.39, 0.29) is 41.7 Å². The topological polar surface area (TPSA) is 88.2 Å². The predicted octanol–water partition coefficient (Wildman–Crippen LogP) is 2.57. The molecule has 2 aromatic carbocycles. The van der Waals surface area contributed by atoms with Gasteiger partial charge in [0.05, 0.1) is 41.7 Å². The average molecular weight is 460 g/mol. The van der Waals surface area contributed by atoms with Crippen molar-refractivity contribution in [3.8, 4) is 0 Å². The van der Waals surface area contributed by atoms with Gasteiger partial charge < -0.3 is 19.7 Å². The van der Waals surface area contributed by atoms with Crippen LogP contribution in [0, 0.1) is 0 Å². The van der Waals surface area contributed by atoms with Crippen LogP contribution in [-0.2, 0) is 19.5 Å². The van der Waals surface area contributed by atoms with E-state index in [1.54, 1.807) is 12.1 Å². The zero-order chi connectivity index (χ0) is 22.7. The monoisotopic (exact) mass is 459 g/mol. The van der Waals surface area contributed by atoms with Crippen molar-refractivity contribution in [1.29, 1.82) is 0 Å². The van der Waals surface area contributed by atoms with Crippen LogP contribution >= 0.6 is 0 Å². The Bertz CT molecular complexity index is 1060. The van der Waals surface area contributed by atoms with Gasteiger partial charge in [-0.25, -0.2) is 8.42 Å². The maximum Gasteiger partial charge on any atom is 0.255 e. The summed E-state index contributed by atoms with van der Waals surface area (Å²) in [5.41, 5.74) is 1.89. The number of rotatable bonds is 5. The molecule has 0 aliphatic carbocycles. The Morgan fingerprint density at radius 2 is 1.69 bits per heavy atom. The zero-order valence-corrected chi connectivity index (χ0v) is 19.2. The van der Waals surface area contributed by atoms with Crippen molar-refractivity contribution in [3.63, 3.8) is 0 Å². The number of hydrogen-bond donors (Lipinski definition) is 1. The van der Waals surface area contributed by atoms with Crippen LogP contribution in [0.3, 0.4) is 0 Å². The Balaban J connectivity index is 1.55. The Kier molecular flexibility index (Phi) is 6.80. The minimum Gasteiger partial charge on any atom is -0.378 e. The number of sulfonamides is 1. The van der Waals surface area contributed by atoms with Gasteiger partial charge in [0.25, 0.3) is 5.91 Å². The van der Waals surface area contributed by atoms with E-state index in [0.29, 0.717) is 18.9 Å². The Morgan fingerprint density at radius 3 is 2.41 bits per heavy atom. The average Bonchev–Trinajstić information content (AvgIpc) is 2.79. The molecule has 0 aromatic heterocycles. The summed E-state index contributed by atoms with van der Waals surface area (Å²) in [4.78, 5) is 15.3. The lowest BCUT2D eigenvalue weighted by molar-refractivity contribution is -0.0440. The third-order valence-corrected chi connectivity index (χ3v) is 7.45. The van der Waals surface area contributed by atoms with E-state index in [2.05, 4.69) is 10.2 Å². The van der Waals surface area contributed by atoms with Gasteiger partial charge in [0.15, 0.2) is 0 Å². The van der Waals surface area contributed by atoms with Gasteiger partial charge in [0, 0.05) is 31.7 Å². The molecule has 9 heteroatoms. The van der Waals surface area contributed by atoms with E-state index in [4.69, 9.17) is 9.47 Å². The normalized spacial score (nSPS) is 22.5. The van der Waals surface area contributed by atoms with Gasteiger partial charge >= 0.3 is 0 Å². The molecule has 2 aliphatic heterocycles. The number of amides is 1. The summed E-state index contributed by atoms with van der Waals surface area (Å²) in [7, 11) is -3.73. The number of ether oxygens (including phenoxy) is 2. The second-order valence-electron chi connectivity index (χ2n) is 8.18. The van der Waals surface area contributed by atoms with Crippen molar-refractivity contribution in [2.24, 2.45) is 0 Å². The third-order valence-electron chi connectivity index (χ3n) is 5.62. The molecule has 2 atom stereocenters. The standard InChI is InChI=1S/C23H29N3O5S/c1-17-15-26(16-18(2)31-17)32(28,29)20-7-5-6-19(14-20)23(27)24-21-8-3-4-9-22(21)25-10-12-30-13-11-25/h3-9,14,17-18H,10-13,15-16H2,1-2H3,(H,24,27)/t17-,18-/m1/s1. The van der Waals surface area contributed by atoms with Crippen molar-refractivity contribution in [2.75, 3.05) is 49.6 Å². The second-order valence-corrected chi connectivity index (χ2v) is 10.1. The number of benzene rings is 2. The maximum absolute atomic E-state index is 13.2. The highest BCUT2D eigenvalue weighted by Crippen LogP contribution is 2.27. The lowest BCUT2D eigenvalue weighted by Gasteiger charge is -2.34. The van der Waals surface area contributed by atoms with Gasteiger partial charge in [0.2, 0.25) is 10.0 Å². The van der Waals surface area contributed by atoms with E-state index in [1.165, 1.54) is 16.4 Å². The van der Waals surface area contributed by atoms with Gasteiger partial charge in [0.1, 0.15) is 0 Å². The molecule has 32 heavy (non-hydrogen) atoms. The lowest BCUT2D eigenvalue weighted by Crippen LogP contribution is -2.48. The summed E-state index contributed by atoms with van der Waals surface area (Å²) < 4.78 is 38.9. The summed E-state index contributed by atoms with van der Waals surface area (Å²) in [5, 5.41) is 2.95. The molecule has 1 amide bonds. The molecule has 8 nitrogen and oxygen atoms in total. The first-order valence-electron chi connectivity index (χ1n) is 10.8. The van der Waals surface area contributed by atoms with Gasteiger partial charge in [-0.2, -0.15) is 4.31 Å². The van der Waals surface area contributed by atoms with Gasteiger partial charge in [-0.3, -0.25) is 4.79 Å². The molecule has 0 radical (unpaired) electrons. The second kappa shape index (κ2) is 9.58. The molecule has 2 fully saturated rings. The molecule has 2 heterocycles. The summed E-state index contributed by atoms with van der Waals surface area (Å²) in [6, 6.07) is 13.8. The molecular weight excluding hydrogens is 430 g/mol. The molecule has 172 valence electrons. The molecule has 0 bridgehead atoms. The van der Waals surface area contributed by atoms with Crippen LogP contribution in [-0.4, -0.2) is 70.2 Å². The molecule has 2 saturated heterocycles. The fraction of sp³-hybridized carbons (Fsp3) is 0.435. The number of carbonyl (C=O) groups is 1. The first-order valence-corrected chi connectivity index (χ1v) is 12.3. The number of anilines is 2. The van der Waals surface area contributed by atoms with E-state index >= 15 is 0 Å². The van der Waals surface area contributed by atoms with Gasteiger partial charge in [-0.15, -0.1) is 0 Å². The Morgan fingerprint density at radius 1 is 1.00 bits per heavy atom. The van der Waals surface area contributed by atoms with Crippen molar-refractivity contribution in [1.82, 2.24) is 4.31 Å². The fourth-order valence-electron chi connectivity index (χ4n) is 4.13. The maximum atomic E-state index is 13.2. The van der Waals surface area contributed by atoms with Crippen molar-refractivity contribution < 1.29 is 22.7 Å². The first kappa shape index (κ1) is 22.7. The Labute approximate surface area is 189 Å². The largest absolute Gasteiger partial charge is 0.378 e. The van der Waals surface area contributed by atoms with Crippen LogP contribution in [0.15, 0.2) is 53.4 Å². The van der Waals surface area contributed by atoms with Crippen molar-refractivity contribution in [2.45, 2.75) is 31.0 Å². The van der Waals surface area contributed by atoms with Crippen LogP contribution in [0.25, 0.3) is 0 Å². The van der Waals surface area contributed by atoms with Crippen LogP contribution in [0.5, 0.6) is 0 Å². The SMILES string of the molecule is C[C@@H]1CN(S(=O)(=O)c2cccc(C(=O)Nc3ccccc3N3CCOCC3)c2)C[C@@H](C)O1. The number of hydrogen-bond acceptors (Lipinski definition) is 6. The highest BCUT2D eigenvalue weighted by atomic mass is 32.2. The van der Waals surface area contributed by atoms with Crippen LogP contribution in [0.1, 0.15) is 24.2 Å². The predicted molar refractivity (Wildman–Crippen MR) is 123 cm³/mol. The van der Waals surface area contributed by atoms with E-state index in [0.717, 1.165) is 18.8 Å². The fourth-order valence-corrected chi connectivity index (χ4v) is 5.76. The number of nitrogens with one attached hydrogen (secondary N) is 1. The lowest BCUT2D eigenvalue weighted by atomic mass is 10.2. The van der Waals surface area contributed by atoms with Gasteiger partial charge in [-0.1, -0.05) is 18.2 Å². The molecule has 0 spiro atoms. The van der Waals surface area contributed by atoms with Crippen LogP contribution in [0.2, 0.25) is 0 Å². The molecule has 2 aliphatic rings. The number of carbonyl (C=O) groups excluding carboxylic acids is 1. The number of para-hydroxylation sites is 2. The molecule has 2 aromatic rings. The molecule has 0 unspecified atom stereocenters. The summed E-state index contributed by atoms with van der Waals surface area (Å²) >= 11 is 0. The van der Waals surface area contributed by atoms with Crippen molar-refractivity contribution >= 4 is 27.3 Å². The first-order chi connectivity index (χ1) is 15.3. The minimum absolute atomic E-state index is 0.105.